The van der Waals surface area contributed by atoms with E-state index in [1.807, 2.05) is 22.4 Å². The summed E-state index contributed by atoms with van der Waals surface area (Å²) >= 11 is 1.49. The van der Waals surface area contributed by atoms with E-state index >= 15 is 0 Å². The average Bonchev–Trinajstić information content (AvgIpc) is 2.99. The first-order chi connectivity index (χ1) is 8.74. The smallest absolute Gasteiger partial charge is 0.317 e. The van der Waals surface area contributed by atoms with Gasteiger partial charge in [0.25, 0.3) is 0 Å². The minimum Gasteiger partial charge on any atom is -0.336 e. The first kappa shape index (κ1) is 11.7. The maximum absolute atomic E-state index is 12.0. The quantitative estimate of drug-likeness (QED) is 0.816. The molecule has 1 atom stereocenters. The van der Waals surface area contributed by atoms with Crippen LogP contribution in [-0.2, 0) is 0 Å². The average molecular weight is 265 g/mol. The lowest BCUT2D eigenvalue weighted by Gasteiger charge is -2.35. The number of rotatable bonds is 3. The van der Waals surface area contributed by atoms with Crippen LogP contribution in [0.25, 0.3) is 0 Å². The third kappa shape index (κ3) is 2.13. The standard InChI is InChI=1S/C12H15N3O2S/c16-10(11-2-1-5-18-11)8-14-3-4-15-9(7-14)6-13-12(15)17/h1-2,5,9H,3-4,6-8H2,(H,13,17). The molecule has 2 amide bonds. The molecule has 1 N–H and O–H groups in total. The zero-order valence-corrected chi connectivity index (χ0v) is 10.8. The fraction of sp³-hybridized carbons (Fsp3) is 0.500. The van der Waals surface area contributed by atoms with Crippen molar-refractivity contribution >= 4 is 23.2 Å². The lowest BCUT2D eigenvalue weighted by Crippen LogP contribution is -2.53. The number of nitrogens with zero attached hydrogens (tertiary/aromatic N) is 2. The zero-order valence-electron chi connectivity index (χ0n) is 9.96. The fourth-order valence-corrected chi connectivity index (χ4v) is 3.19. The Morgan fingerprint density at radius 3 is 3.17 bits per heavy atom. The van der Waals surface area contributed by atoms with Gasteiger partial charge in [0.1, 0.15) is 0 Å². The number of carbonyl (C=O) groups is 2. The Morgan fingerprint density at radius 1 is 1.50 bits per heavy atom. The van der Waals surface area contributed by atoms with Crippen molar-refractivity contribution in [3.05, 3.63) is 22.4 Å². The highest BCUT2D eigenvalue weighted by Crippen LogP contribution is 2.16. The molecule has 2 fully saturated rings. The van der Waals surface area contributed by atoms with Gasteiger partial charge in [0.15, 0.2) is 5.78 Å². The third-order valence-electron chi connectivity index (χ3n) is 3.48. The third-order valence-corrected chi connectivity index (χ3v) is 4.39. The molecule has 3 rings (SSSR count). The molecule has 2 aliphatic heterocycles. The van der Waals surface area contributed by atoms with Gasteiger partial charge in [-0.05, 0) is 11.4 Å². The van der Waals surface area contributed by atoms with Crippen molar-refractivity contribution in [2.75, 3.05) is 32.7 Å². The van der Waals surface area contributed by atoms with Crippen LogP contribution in [0.3, 0.4) is 0 Å². The van der Waals surface area contributed by atoms with Gasteiger partial charge in [0, 0.05) is 26.2 Å². The summed E-state index contributed by atoms with van der Waals surface area (Å²) in [6.45, 7) is 3.44. The summed E-state index contributed by atoms with van der Waals surface area (Å²) in [4.78, 5) is 28.3. The number of urea groups is 1. The molecule has 0 spiro atoms. The van der Waals surface area contributed by atoms with Crippen LogP contribution in [0.2, 0.25) is 0 Å². The maximum Gasteiger partial charge on any atom is 0.317 e. The van der Waals surface area contributed by atoms with Gasteiger partial charge < -0.3 is 10.2 Å². The highest BCUT2D eigenvalue weighted by atomic mass is 32.1. The topological polar surface area (TPSA) is 52.7 Å². The number of carbonyl (C=O) groups excluding carboxylic acids is 2. The van der Waals surface area contributed by atoms with E-state index in [1.54, 1.807) is 0 Å². The second-order valence-electron chi connectivity index (χ2n) is 4.67. The van der Waals surface area contributed by atoms with E-state index in [0.717, 1.165) is 18.0 Å². The summed E-state index contributed by atoms with van der Waals surface area (Å²) in [7, 11) is 0. The van der Waals surface area contributed by atoms with E-state index < -0.39 is 0 Å². The van der Waals surface area contributed by atoms with E-state index in [1.165, 1.54) is 11.3 Å². The molecule has 1 aromatic rings. The molecule has 0 saturated carbocycles. The van der Waals surface area contributed by atoms with Crippen molar-refractivity contribution in [2.45, 2.75) is 6.04 Å². The Morgan fingerprint density at radius 2 is 2.39 bits per heavy atom. The molecule has 3 heterocycles. The van der Waals surface area contributed by atoms with Gasteiger partial charge in [-0.25, -0.2) is 4.79 Å². The largest absolute Gasteiger partial charge is 0.336 e. The molecular formula is C12H15N3O2S. The number of Topliss-reactive ketones (excluding diaryl/α,β-unsaturated/α-hetero) is 1. The maximum atomic E-state index is 12.0. The van der Waals surface area contributed by atoms with Crippen LogP contribution in [-0.4, -0.2) is 60.4 Å². The first-order valence-corrected chi connectivity index (χ1v) is 6.95. The molecular weight excluding hydrogens is 250 g/mol. The molecule has 0 bridgehead atoms. The van der Waals surface area contributed by atoms with E-state index in [-0.39, 0.29) is 17.9 Å². The molecule has 96 valence electrons. The van der Waals surface area contributed by atoms with Crippen LogP contribution >= 0.6 is 11.3 Å². The lowest BCUT2D eigenvalue weighted by molar-refractivity contribution is 0.0842. The van der Waals surface area contributed by atoms with Gasteiger partial charge >= 0.3 is 6.03 Å². The Kier molecular flexibility index (Phi) is 3.05. The van der Waals surface area contributed by atoms with Gasteiger partial charge in [0.2, 0.25) is 0 Å². The van der Waals surface area contributed by atoms with E-state index in [2.05, 4.69) is 10.2 Å². The van der Waals surface area contributed by atoms with Crippen molar-refractivity contribution in [1.82, 2.24) is 15.1 Å². The minimum atomic E-state index is 0.0317. The highest BCUT2D eigenvalue weighted by molar-refractivity contribution is 7.12. The number of hydrogen-bond acceptors (Lipinski definition) is 4. The predicted octanol–water partition coefficient (Wildman–Crippen LogP) is 0.640. The summed E-state index contributed by atoms with van der Waals surface area (Å²) in [5.74, 6) is 0.177. The molecule has 5 nitrogen and oxygen atoms in total. The molecule has 2 aliphatic rings. The fourth-order valence-electron chi connectivity index (χ4n) is 2.53. The van der Waals surface area contributed by atoms with Crippen LogP contribution in [0.1, 0.15) is 9.67 Å². The second-order valence-corrected chi connectivity index (χ2v) is 5.62. The molecule has 6 heteroatoms. The van der Waals surface area contributed by atoms with Gasteiger partial charge in [-0.3, -0.25) is 9.69 Å². The van der Waals surface area contributed by atoms with Crippen LogP contribution in [0, 0.1) is 0 Å². The first-order valence-electron chi connectivity index (χ1n) is 6.07. The second kappa shape index (κ2) is 4.70. The predicted molar refractivity (Wildman–Crippen MR) is 69.0 cm³/mol. The van der Waals surface area contributed by atoms with E-state index in [0.29, 0.717) is 19.6 Å². The monoisotopic (exact) mass is 265 g/mol. The van der Waals surface area contributed by atoms with Crippen LogP contribution in [0.4, 0.5) is 4.79 Å². The van der Waals surface area contributed by atoms with Gasteiger partial charge in [-0.2, -0.15) is 0 Å². The number of ketones is 1. The van der Waals surface area contributed by atoms with Crippen LogP contribution in [0.15, 0.2) is 17.5 Å². The number of fused-ring (bicyclic) bond motifs is 1. The number of nitrogens with one attached hydrogen (secondary N) is 1. The Bertz CT molecular complexity index is 460. The molecule has 18 heavy (non-hydrogen) atoms. The number of piperazine rings is 1. The summed E-state index contributed by atoms with van der Waals surface area (Å²) in [5, 5.41) is 4.76. The summed E-state index contributed by atoms with van der Waals surface area (Å²) in [6.07, 6.45) is 0. The van der Waals surface area contributed by atoms with Gasteiger partial charge in [-0.15, -0.1) is 11.3 Å². The van der Waals surface area contributed by atoms with Crippen molar-refractivity contribution in [1.29, 1.82) is 0 Å². The molecule has 0 aliphatic carbocycles. The van der Waals surface area contributed by atoms with Gasteiger partial charge in [0.05, 0.1) is 17.5 Å². The number of hydrogen-bond donors (Lipinski definition) is 1. The SMILES string of the molecule is O=C(CN1CCN2C(=O)NCC2C1)c1cccs1. The molecule has 1 unspecified atom stereocenters. The summed E-state index contributed by atoms with van der Waals surface area (Å²) in [5.41, 5.74) is 0. The number of thiophene rings is 1. The van der Waals surface area contributed by atoms with Crippen LogP contribution in [0.5, 0.6) is 0 Å². The van der Waals surface area contributed by atoms with Crippen molar-refractivity contribution in [3.63, 3.8) is 0 Å². The Labute approximate surface area is 109 Å². The Balaban J connectivity index is 1.59. The van der Waals surface area contributed by atoms with E-state index in [4.69, 9.17) is 0 Å². The molecule has 0 radical (unpaired) electrons. The highest BCUT2D eigenvalue weighted by Gasteiger charge is 2.35. The summed E-state index contributed by atoms with van der Waals surface area (Å²) < 4.78 is 0. The number of amides is 2. The van der Waals surface area contributed by atoms with E-state index in [9.17, 15) is 9.59 Å². The molecule has 0 aromatic carbocycles. The summed E-state index contributed by atoms with van der Waals surface area (Å²) in [6, 6.07) is 4.02. The molecule has 2 saturated heterocycles. The van der Waals surface area contributed by atoms with Crippen molar-refractivity contribution < 1.29 is 9.59 Å². The zero-order chi connectivity index (χ0) is 12.5. The van der Waals surface area contributed by atoms with Gasteiger partial charge in [-0.1, -0.05) is 6.07 Å². The lowest BCUT2D eigenvalue weighted by atomic mass is 10.2. The minimum absolute atomic E-state index is 0.0317. The normalized spacial score (nSPS) is 23.9. The van der Waals surface area contributed by atoms with Crippen molar-refractivity contribution in [3.8, 4) is 0 Å². The van der Waals surface area contributed by atoms with Crippen LogP contribution < -0.4 is 5.32 Å². The van der Waals surface area contributed by atoms with Crippen molar-refractivity contribution in [2.24, 2.45) is 0 Å². The Hall–Kier alpha value is -1.40. The molecule has 1 aromatic heterocycles.